The number of rotatable bonds is 2. The molecule has 1 amide bonds. The highest BCUT2D eigenvalue weighted by Crippen LogP contribution is 2.26. The molecule has 1 heterocycles. The van der Waals surface area contributed by atoms with Crippen LogP contribution in [-0.4, -0.2) is 11.0 Å². The van der Waals surface area contributed by atoms with Gasteiger partial charge >= 0.3 is 0 Å². The number of nitrogens with two attached hydrogens (primary N) is 1. The first kappa shape index (κ1) is 15.5. The summed E-state index contributed by atoms with van der Waals surface area (Å²) < 4.78 is 1.07. The van der Waals surface area contributed by atoms with Crippen molar-refractivity contribution in [3.63, 3.8) is 0 Å². The van der Waals surface area contributed by atoms with Gasteiger partial charge in [-0.05, 0) is 36.8 Å². The zero-order valence-electron chi connectivity index (χ0n) is 12.4. The molecule has 4 nitrogen and oxygen atoms in total. The normalized spacial score (nSPS) is 10.5. The first-order valence-corrected chi connectivity index (χ1v) is 8.29. The van der Waals surface area contributed by atoms with E-state index in [1.165, 1.54) is 16.3 Å². The van der Waals surface area contributed by atoms with Crippen molar-refractivity contribution in [2.45, 2.75) is 6.92 Å². The number of fused-ring (bicyclic) bond motifs is 1. The molecule has 3 aromatic rings. The molecule has 0 atom stereocenters. The Labute approximate surface area is 143 Å². The Hall–Kier alpha value is -2.44. The first-order valence-electron chi connectivity index (χ1n) is 7.00. The van der Waals surface area contributed by atoms with E-state index in [-0.39, 0.29) is 11.0 Å². The predicted molar refractivity (Wildman–Crippen MR) is 99.7 cm³/mol. The summed E-state index contributed by atoms with van der Waals surface area (Å²) in [6, 6.07) is 15.4. The molecule has 0 radical (unpaired) electrons. The number of para-hydroxylation sites is 1. The van der Waals surface area contributed by atoms with Crippen LogP contribution in [0.25, 0.3) is 10.1 Å². The molecule has 0 saturated heterocycles. The molecule has 0 aliphatic rings. The van der Waals surface area contributed by atoms with E-state index in [0.717, 1.165) is 21.3 Å². The predicted octanol–water partition coefficient (Wildman–Crippen LogP) is 3.60. The summed E-state index contributed by atoms with van der Waals surface area (Å²) in [6.07, 6.45) is 0. The summed E-state index contributed by atoms with van der Waals surface area (Å²) in [5, 5.41) is 4.30. The van der Waals surface area contributed by atoms with Crippen molar-refractivity contribution in [3.8, 4) is 0 Å². The van der Waals surface area contributed by atoms with Crippen LogP contribution in [0.4, 0.5) is 5.69 Å². The lowest BCUT2D eigenvalue weighted by Crippen LogP contribution is -2.49. The topological polar surface area (TPSA) is 58.4 Å². The van der Waals surface area contributed by atoms with Gasteiger partial charge < -0.3 is 5.73 Å². The number of hydrogen-bond donors (Lipinski definition) is 2. The molecule has 0 aliphatic heterocycles. The van der Waals surface area contributed by atoms with Gasteiger partial charge in [0.2, 0.25) is 0 Å². The number of nitrogens with zero attached hydrogens (tertiary/aromatic N) is 1. The lowest BCUT2D eigenvalue weighted by atomic mass is 10.1. The molecule has 3 rings (SSSR count). The van der Waals surface area contributed by atoms with Crippen molar-refractivity contribution in [2.24, 2.45) is 5.73 Å². The van der Waals surface area contributed by atoms with Crippen molar-refractivity contribution >= 4 is 50.3 Å². The highest BCUT2D eigenvalue weighted by atomic mass is 32.1. The Bertz CT molecular complexity index is 888. The molecule has 1 aromatic heterocycles. The Balaban J connectivity index is 1.93. The molecule has 6 heteroatoms. The lowest BCUT2D eigenvalue weighted by Gasteiger charge is -2.24. The van der Waals surface area contributed by atoms with Crippen LogP contribution >= 0.6 is 23.6 Å². The number of benzene rings is 2. The number of anilines is 1. The average Bonchev–Trinajstić information content (AvgIpc) is 2.97. The number of thiophene rings is 1. The van der Waals surface area contributed by atoms with Crippen LogP contribution in [0.1, 0.15) is 15.9 Å². The summed E-state index contributed by atoms with van der Waals surface area (Å²) in [5.41, 5.74) is 10.9. The third kappa shape index (κ3) is 3.04. The quantitative estimate of drug-likeness (QED) is 0.552. The molecule has 0 fully saturated rings. The van der Waals surface area contributed by atoms with Crippen LogP contribution in [0.2, 0.25) is 0 Å². The summed E-state index contributed by atoms with van der Waals surface area (Å²) in [7, 11) is 0. The zero-order chi connectivity index (χ0) is 16.4. The van der Waals surface area contributed by atoms with Crippen LogP contribution in [-0.2, 0) is 0 Å². The Morgan fingerprint density at radius 1 is 1.17 bits per heavy atom. The van der Waals surface area contributed by atoms with Gasteiger partial charge in [-0.1, -0.05) is 36.4 Å². The van der Waals surface area contributed by atoms with Gasteiger partial charge in [-0.15, -0.1) is 11.3 Å². The van der Waals surface area contributed by atoms with Crippen LogP contribution in [0.3, 0.4) is 0 Å². The molecular formula is C17H15N3OS2. The third-order valence-electron chi connectivity index (χ3n) is 3.52. The number of hydrazine groups is 1. The Morgan fingerprint density at radius 2 is 1.87 bits per heavy atom. The molecule has 23 heavy (non-hydrogen) atoms. The molecular weight excluding hydrogens is 326 g/mol. The fourth-order valence-corrected chi connectivity index (χ4v) is 3.45. The van der Waals surface area contributed by atoms with E-state index in [9.17, 15) is 4.79 Å². The van der Waals surface area contributed by atoms with Crippen LogP contribution < -0.4 is 16.2 Å². The minimum Gasteiger partial charge on any atom is -0.374 e. The second-order valence-corrected chi connectivity index (χ2v) is 6.38. The van der Waals surface area contributed by atoms with E-state index in [4.69, 9.17) is 18.0 Å². The fourth-order valence-electron chi connectivity index (χ4n) is 2.36. The van der Waals surface area contributed by atoms with Crippen LogP contribution in [0.5, 0.6) is 0 Å². The molecule has 0 bridgehead atoms. The van der Waals surface area contributed by atoms with Crippen molar-refractivity contribution in [1.29, 1.82) is 0 Å². The largest absolute Gasteiger partial charge is 0.374 e. The van der Waals surface area contributed by atoms with Crippen LogP contribution in [0.15, 0.2) is 53.9 Å². The molecule has 0 saturated carbocycles. The van der Waals surface area contributed by atoms with Gasteiger partial charge in [0.1, 0.15) is 0 Å². The molecule has 116 valence electrons. The number of nitrogens with one attached hydrogen (secondary N) is 1. The van der Waals surface area contributed by atoms with E-state index in [1.807, 2.05) is 60.8 Å². The molecule has 0 aliphatic carbocycles. The lowest BCUT2D eigenvalue weighted by molar-refractivity contribution is 0.0957. The third-order valence-corrected chi connectivity index (χ3v) is 4.66. The number of hydrogen-bond acceptors (Lipinski definition) is 3. The second-order valence-electron chi connectivity index (χ2n) is 5.05. The maximum absolute atomic E-state index is 12.7. The molecule has 2 aromatic carbocycles. The van der Waals surface area contributed by atoms with Gasteiger partial charge in [0.25, 0.3) is 5.91 Å². The van der Waals surface area contributed by atoms with Gasteiger partial charge in [0, 0.05) is 15.5 Å². The minimum atomic E-state index is -0.237. The summed E-state index contributed by atoms with van der Waals surface area (Å²) in [4.78, 5) is 12.7. The van der Waals surface area contributed by atoms with E-state index in [0.29, 0.717) is 5.56 Å². The smallest absolute Gasteiger partial charge is 0.271 e. The summed E-state index contributed by atoms with van der Waals surface area (Å²) in [5.74, 6) is -0.237. The molecule has 0 spiro atoms. The SMILES string of the molecule is Cc1ccccc1N(NC(=O)c1csc2ccccc12)C(N)=S. The fraction of sp³-hybridized carbons (Fsp3) is 0.0588. The van der Waals surface area contributed by atoms with Gasteiger partial charge in [-0.3, -0.25) is 10.2 Å². The van der Waals surface area contributed by atoms with E-state index < -0.39 is 0 Å². The Morgan fingerprint density at radius 3 is 2.61 bits per heavy atom. The molecule has 3 N–H and O–H groups in total. The molecule has 0 unspecified atom stereocenters. The van der Waals surface area contributed by atoms with E-state index in [1.54, 1.807) is 0 Å². The highest BCUT2D eigenvalue weighted by molar-refractivity contribution is 7.80. The number of thiocarbonyl (C=S) groups is 1. The van der Waals surface area contributed by atoms with Gasteiger partial charge in [0.15, 0.2) is 5.11 Å². The maximum atomic E-state index is 12.7. The van der Waals surface area contributed by atoms with Crippen LogP contribution in [0, 0.1) is 6.92 Å². The first-order chi connectivity index (χ1) is 11.1. The minimum absolute atomic E-state index is 0.0900. The number of carbonyl (C=O) groups excluding carboxylic acids is 1. The van der Waals surface area contributed by atoms with Crippen molar-refractivity contribution in [2.75, 3.05) is 5.01 Å². The Kier molecular flexibility index (Phi) is 4.27. The number of aryl methyl sites for hydroxylation is 1. The van der Waals surface area contributed by atoms with Gasteiger partial charge in [0.05, 0.1) is 11.3 Å². The zero-order valence-corrected chi connectivity index (χ0v) is 14.1. The van der Waals surface area contributed by atoms with E-state index in [2.05, 4.69) is 5.43 Å². The summed E-state index contributed by atoms with van der Waals surface area (Å²) >= 11 is 6.63. The van der Waals surface area contributed by atoms with Crippen molar-refractivity contribution in [1.82, 2.24) is 5.43 Å². The highest BCUT2D eigenvalue weighted by Gasteiger charge is 2.18. The van der Waals surface area contributed by atoms with E-state index >= 15 is 0 Å². The average molecular weight is 341 g/mol. The van der Waals surface area contributed by atoms with Crippen molar-refractivity contribution in [3.05, 3.63) is 65.0 Å². The maximum Gasteiger partial charge on any atom is 0.271 e. The number of amides is 1. The second kappa shape index (κ2) is 6.36. The van der Waals surface area contributed by atoms with Gasteiger partial charge in [-0.2, -0.15) is 0 Å². The number of carbonyl (C=O) groups is 1. The standard InChI is InChI=1S/C17H15N3OS2/c1-11-6-2-4-8-14(11)20(17(18)22)19-16(21)13-10-23-15-9-5-3-7-12(13)15/h2-10H,1H3,(H2,18,22)(H,19,21). The summed E-state index contributed by atoms with van der Waals surface area (Å²) in [6.45, 7) is 1.94. The van der Waals surface area contributed by atoms with Crippen molar-refractivity contribution < 1.29 is 4.79 Å². The monoisotopic (exact) mass is 341 g/mol. The van der Waals surface area contributed by atoms with Gasteiger partial charge in [-0.25, -0.2) is 5.01 Å².